The average Bonchev–Trinajstić information content (AvgIpc) is 3.20. The van der Waals surface area contributed by atoms with Crippen LogP contribution in [0, 0.1) is 0 Å². The van der Waals surface area contributed by atoms with E-state index in [1.165, 1.54) is 12.6 Å². The number of nitrogens with zero attached hydrogens (tertiary/aromatic N) is 4. The molecule has 1 atom stereocenters. The van der Waals surface area contributed by atoms with E-state index < -0.39 is 12.0 Å². The van der Waals surface area contributed by atoms with E-state index in [1.54, 1.807) is 0 Å². The smallest absolute Gasteiger partial charge is 0.351 e. The molecule has 2 heterocycles. The van der Waals surface area contributed by atoms with Crippen molar-refractivity contribution in [3.8, 4) is 0 Å². The van der Waals surface area contributed by atoms with Crippen molar-refractivity contribution in [1.82, 2.24) is 25.0 Å². The van der Waals surface area contributed by atoms with Gasteiger partial charge in [-0.05, 0) is 12.0 Å². The lowest BCUT2D eigenvalue weighted by molar-refractivity contribution is -0.147. The first-order valence-electron chi connectivity index (χ1n) is 8.48. The van der Waals surface area contributed by atoms with Crippen molar-refractivity contribution in [1.29, 1.82) is 0 Å². The highest BCUT2D eigenvalue weighted by atomic mass is 32.2. The molecule has 27 heavy (non-hydrogen) atoms. The molecule has 1 saturated heterocycles. The summed E-state index contributed by atoms with van der Waals surface area (Å²) in [6.07, 6.45) is -3.71. The minimum atomic E-state index is -4.56. The number of aromatic nitrogens is 3. The zero-order valence-corrected chi connectivity index (χ0v) is 15.6. The number of benzene rings is 1. The Hall–Kier alpha value is -2.07. The fraction of sp³-hybridized carbons (Fsp3) is 0.471. The monoisotopic (exact) mass is 399 g/mol. The standard InChI is InChI=1S/C17H20F3N5OS/c1-24-15(17(18,19)20)22-23-16(24)27-11-14(26)21-13-7-8-25(10-13)9-12-5-3-2-4-6-12/h2-6,13H,7-11H2,1H3,(H,21,26)/t13-/m1/s1. The molecule has 1 fully saturated rings. The molecule has 1 amide bonds. The summed E-state index contributed by atoms with van der Waals surface area (Å²) in [6.45, 7) is 2.49. The van der Waals surface area contributed by atoms with Crippen molar-refractivity contribution in [2.24, 2.45) is 7.05 Å². The predicted molar refractivity (Wildman–Crippen MR) is 95.0 cm³/mol. The van der Waals surface area contributed by atoms with Crippen LogP contribution in [-0.4, -0.2) is 50.5 Å². The van der Waals surface area contributed by atoms with Gasteiger partial charge in [0.15, 0.2) is 5.16 Å². The molecular weight excluding hydrogens is 379 g/mol. The molecule has 6 nitrogen and oxygen atoms in total. The van der Waals surface area contributed by atoms with E-state index in [0.29, 0.717) is 0 Å². The van der Waals surface area contributed by atoms with E-state index in [9.17, 15) is 18.0 Å². The highest BCUT2D eigenvalue weighted by molar-refractivity contribution is 7.99. The van der Waals surface area contributed by atoms with E-state index in [1.807, 2.05) is 18.2 Å². The van der Waals surface area contributed by atoms with Crippen LogP contribution in [0.2, 0.25) is 0 Å². The number of hydrogen-bond acceptors (Lipinski definition) is 5. The average molecular weight is 399 g/mol. The van der Waals surface area contributed by atoms with Crippen LogP contribution < -0.4 is 5.32 Å². The molecule has 0 bridgehead atoms. The van der Waals surface area contributed by atoms with Crippen LogP contribution in [-0.2, 0) is 24.6 Å². The summed E-state index contributed by atoms with van der Waals surface area (Å²) in [7, 11) is 1.24. The first-order chi connectivity index (χ1) is 12.8. The summed E-state index contributed by atoms with van der Waals surface area (Å²) >= 11 is 0.943. The van der Waals surface area contributed by atoms with Gasteiger partial charge in [0.25, 0.3) is 0 Å². The molecule has 1 aromatic carbocycles. The van der Waals surface area contributed by atoms with Gasteiger partial charge in [0, 0.05) is 32.7 Å². The molecule has 0 aliphatic carbocycles. The summed E-state index contributed by atoms with van der Waals surface area (Å²) in [5, 5.41) is 9.66. The lowest BCUT2D eigenvalue weighted by Crippen LogP contribution is -2.38. The van der Waals surface area contributed by atoms with E-state index >= 15 is 0 Å². The second kappa shape index (κ2) is 8.30. The Morgan fingerprint density at radius 3 is 2.70 bits per heavy atom. The Morgan fingerprint density at radius 1 is 1.30 bits per heavy atom. The highest BCUT2D eigenvalue weighted by Gasteiger charge is 2.37. The molecule has 0 radical (unpaired) electrons. The Bertz CT molecular complexity index is 781. The molecule has 146 valence electrons. The second-order valence-corrected chi connectivity index (χ2v) is 7.37. The number of halogens is 3. The molecule has 1 N–H and O–H groups in total. The fourth-order valence-corrected chi connectivity index (χ4v) is 3.74. The maximum atomic E-state index is 12.7. The van der Waals surface area contributed by atoms with Gasteiger partial charge in [-0.1, -0.05) is 42.1 Å². The van der Waals surface area contributed by atoms with Crippen LogP contribution in [0.4, 0.5) is 13.2 Å². The van der Waals surface area contributed by atoms with Gasteiger partial charge in [-0.3, -0.25) is 9.69 Å². The third kappa shape index (κ3) is 5.23. The molecule has 10 heteroatoms. The van der Waals surface area contributed by atoms with Crippen LogP contribution in [0.5, 0.6) is 0 Å². The molecule has 2 aromatic rings. The summed E-state index contributed by atoms with van der Waals surface area (Å²) in [6, 6.07) is 10.2. The molecular formula is C17H20F3N5OS. The minimum absolute atomic E-state index is 0.000976. The van der Waals surface area contributed by atoms with Gasteiger partial charge in [0.05, 0.1) is 5.75 Å². The molecule has 0 spiro atoms. The number of thioether (sulfide) groups is 1. The maximum Gasteiger partial charge on any atom is 0.451 e. The van der Waals surface area contributed by atoms with Crippen molar-refractivity contribution in [2.75, 3.05) is 18.8 Å². The molecule has 3 rings (SSSR count). The van der Waals surface area contributed by atoms with Crippen molar-refractivity contribution < 1.29 is 18.0 Å². The van der Waals surface area contributed by atoms with Crippen molar-refractivity contribution in [3.05, 3.63) is 41.7 Å². The Balaban J connectivity index is 1.44. The first-order valence-corrected chi connectivity index (χ1v) is 9.46. The second-order valence-electron chi connectivity index (χ2n) is 6.43. The molecule has 0 unspecified atom stereocenters. The lowest BCUT2D eigenvalue weighted by Gasteiger charge is -2.16. The van der Waals surface area contributed by atoms with E-state index in [2.05, 4.69) is 32.5 Å². The largest absolute Gasteiger partial charge is 0.451 e. The van der Waals surface area contributed by atoms with Crippen molar-refractivity contribution >= 4 is 17.7 Å². The molecule has 1 aliphatic rings. The predicted octanol–water partition coefficient (Wildman–Crippen LogP) is 2.32. The number of nitrogens with one attached hydrogen (secondary N) is 1. The van der Waals surface area contributed by atoms with E-state index in [4.69, 9.17) is 0 Å². The third-order valence-electron chi connectivity index (χ3n) is 4.31. The van der Waals surface area contributed by atoms with Gasteiger partial charge in [-0.25, -0.2) is 0 Å². The number of rotatable bonds is 6. The van der Waals surface area contributed by atoms with Crippen LogP contribution in [0.3, 0.4) is 0 Å². The topological polar surface area (TPSA) is 63.1 Å². The zero-order chi connectivity index (χ0) is 19.4. The van der Waals surface area contributed by atoms with E-state index in [-0.39, 0.29) is 22.9 Å². The number of likely N-dealkylation sites (tertiary alicyclic amines) is 1. The number of amides is 1. The van der Waals surface area contributed by atoms with Crippen molar-refractivity contribution in [3.63, 3.8) is 0 Å². The van der Waals surface area contributed by atoms with Crippen molar-refractivity contribution in [2.45, 2.75) is 30.3 Å². The quantitative estimate of drug-likeness (QED) is 0.756. The maximum absolute atomic E-state index is 12.7. The van der Waals surface area contributed by atoms with Crippen LogP contribution >= 0.6 is 11.8 Å². The lowest BCUT2D eigenvalue weighted by atomic mass is 10.2. The zero-order valence-electron chi connectivity index (χ0n) is 14.7. The Labute approximate surface area is 159 Å². The highest BCUT2D eigenvalue weighted by Crippen LogP contribution is 2.29. The summed E-state index contributed by atoms with van der Waals surface area (Å²) in [4.78, 5) is 14.4. The Morgan fingerprint density at radius 2 is 2.04 bits per heavy atom. The van der Waals surface area contributed by atoms with Crippen LogP contribution in [0.25, 0.3) is 0 Å². The summed E-state index contributed by atoms with van der Waals surface area (Å²) < 4.78 is 39.0. The van der Waals surface area contributed by atoms with Crippen LogP contribution in [0.15, 0.2) is 35.5 Å². The summed E-state index contributed by atoms with van der Waals surface area (Å²) in [5.41, 5.74) is 1.22. The summed E-state index contributed by atoms with van der Waals surface area (Å²) in [5.74, 6) is -1.29. The number of hydrogen-bond donors (Lipinski definition) is 1. The van der Waals surface area contributed by atoms with Gasteiger partial charge in [0.1, 0.15) is 0 Å². The van der Waals surface area contributed by atoms with Gasteiger partial charge in [-0.15, -0.1) is 10.2 Å². The van der Waals surface area contributed by atoms with Gasteiger partial charge in [-0.2, -0.15) is 13.2 Å². The Kier molecular flexibility index (Phi) is 6.05. The number of alkyl halides is 3. The SMILES string of the molecule is Cn1c(SCC(=O)N[C@@H]2CCN(Cc3ccccc3)C2)nnc1C(F)(F)F. The van der Waals surface area contributed by atoms with Gasteiger partial charge in [0.2, 0.25) is 11.7 Å². The van der Waals surface area contributed by atoms with E-state index in [0.717, 1.165) is 42.4 Å². The molecule has 1 aromatic heterocycles. The normalized spacial score (nSPS) is 18.0. The number of carbonyl (C=O) groups is 1. The van der Waals surface area contributed by atoms with Gasteiger partial charge < -0.3 is 9.88 Å². The number of carbonyl (C=O) groups excluding carboxylic acids is 1. The third-order valence-corrected chi connectivity index (χ3v) is 5.33. The molecule has 1 aliphatic heterocycles. The first kappa shape index (κ1) is 19.7. The molecule has 0 saturated carbocycles. The van der Waals surface area contributed by atoms with Crippen LogP contribution in [0.1, 0.15) is 17.8 Å². The van der Waals surface area contributed by atoms with Gasteiger partial charge >= 0.3 is 6.18 Å². The minimum Gasteiger partial charge on any atom is -0.351 e. The fourth-order valence-electron chi connectivity index (χ4n) is 3.02.